The Balaban J connectivity index is 1.77. The van der Waals surface area contributed by atoms with Crippen LogP contribution in [0, 0.1) is 11.3 Å². The summed E-state index contributed by atoms with van der Waals surface area (Å²) in [4.78, 5) is 38.2. The summed E-state index contributed by atoms with van der Waals surface area (Å²) in [5.74, 6) is -0.832. The molecule has 1 N–H and O–H groups in total. The van der Waals surface area contributed by atoms with Crippen LogP contribution in [0.5, 0.6) is 0 Å². The van der Waals surface area contributed by atoms with E-state index in [1.807, 2.05) is 4.90 Å². The van der Waals surface area contributed by atoms with Gasteiger partial charge < -0.3 is 15.0 Å². The number of thioether (sulfide) groups is 1. The molecule has 1 fully saturated rings. The Morgan fingerprint density at radius 1 is 1.24 bits per heavy atom. The molecule has 2 amide bonds. The van der Waals surface area contributed by atoms with Gasteiger partial charge in [0, 0.05) is 25.4 Å². The lowest BCUT2D eigenvalue weighted by Crippen LogP contribution is -2.37. The first kappa shape index (κ1) is 20.9. The molecule has 0 unspecified atom stereocenters. The van der Waals surface area contributed by atoms with Crippen LogP contribution in [0.1, 0.15) is 47.5 Å². The van der Waals surface area contributed by atoms with Crippen molar-refractivity contribution < 1.29 is 19.1 Å². The number of allylic oxidation sites excluding steroid dienone is 1. The summed E-state index contributed by atoms with van der Waals surface area (Å²) in [5, 5.41) is 12.9. The molecule has 1 atom stereocenters. The van der Waals surface area contributed by atoms with Gasteiger partial charge in [-0.05, 0) is 37.0 Å². The van der Waals surface area contributed by atoms with Crippen molar-refractivity contribution in [2.45, 2.75) is 31.6 Å². The molecule has 2 heterocycles. The topological polar surface area (TPSA) is 99.5 Å². The van der Waals surface area contributed by atoms with Crippen LogP contribution in [0.25, 0.3) is 0 Å². The lowest BCUT2D eigenvalue weighted by molar-refractivity contribution is -0.129. The first-order chi connectivity index (χ1) is 14.0. The summed E-state index contributed by atoms with van der Waals surface area (Å²) in [6, 6.07) is 8.90. The fourth-order valence-corrected chi connectivity index (χ4v) is 4.54. The number of nitriles is 1. The van der Waals surface area contributed by atoms with Crippen molar-refractivity contribution in [1.82, 2.24) is 10.2 Å². The molecule has 1 aromatic rings. The Hall–Kier alpha value is -2.79. The molecule has 0 spiro atoms. The van der Waals surface area contributed by atoms with Gasteiger partial charge in [-0.25, -0.2) is 4.79 Å². The molecule has 0 bridgehead atoms. The van der Waals surface area contributed by atoms with Crippen LogP contribution >= 0.6 is 11.8 Å². The summed E-state index contributed by atoms with van der Waals surface area (Å²) in [7, 11) is 1.31. The number of carbonyl (C=O) groups is 3. The van der Waals surface area contributed by atoms with Crippen LogP contribution < -0.4 is 5.32 Å². The summed E-state index contributed by atoms with van der Waals surface area (Å²) in [6.45, 7) is 1.54. The van der Waals surface area contributed by atoms with Crippen molar-refractivity contribution in [1.29, 1.82) is 5.26 Å². The van der Waals surface area contributed by atoms with Crippen LogP contribution in [0.15, 0.2) is 34.9 Å². The van der Waals surface area contributed by atoms with E-state index in [9.17, 15) is 19.6 Å². The monoisotopic (exact) mass is 413 g/mol. The molecule has 7 nitrogen and oxygen atoms in total. The number of nitrogens with one attached hydrogen (secondary N) is 1. The summed E-state index contributed by atoms with van der Waals surface area (Å²) < 4.78 is 4.70. The third kappa shape index (κ3) is 4.98. The van der Waals surface area contributed by atoms with E-state index in [-0.39, 0.29) is 24.0 Å². The van der Waals surface area contributed by atoms with Gasteiger partial charge in [-0.3, -0.25) is 9.59 Å². The van der Waals surface area contributed by atoms with Crippen LogP contribution in [0.4, 0.5) is 0 Å². The van der Waals surface area contributed by atoms with Crippen molar-refractivity contribution in [3.8, 4) is 6.07 Å². The standard InChI is InChI=1S/C21H23N3O4S/c1-28-21(27)15-7-5-14(6-8-15)16-11-18(25)23-20(17(16)12-22)29-13-19(26)24-9-3-2-4-10-24/h5-8,16H,2-4,9-11,13H2,1H3,(H,23,25)/t16-/m1/s1. The van der Waals surface area contributed by atoms with Crippen LogP contribution in [0.2, 0.25) is 0 Å². The predicted molar refractivity (Wildman–Crippen MR) is 109 cm³/mol. The molecule has 29 heavy (non-hydrogen) atoms. The van der Waals surface area contributed by atoms with E-state index in [0.29, 0.717) is 16.2 Å². The third-order valence-corrected chi connectivity index (χ3v) is 6.14. The van der Waals surface area contributed by atoms with E-state index in [0.717, 1.165) is 37.9 Å². The van der Waals surface area contributed by atoms with Crippen molar-refractivity contribution in [3.63, 3.8) is 0 Å². The number of methoxy groups -OCH3 is 1. The van der Waals surface area contributed by atoms with Gasteiger partial charge in [0.1, 0.15) is 0 Å². The van der Waals surface area contributed by atoms with E-state index >= 15 is 0 Å². The van der Waals surface area contributed by atoms with Crippen molar-refractivity contribution >= 4 is 29.5 Å². The largest absolute Gasteiger partial charge is 0.465 e. The summed E-state index contributed by atoms with van der Waals surface area (Å²) >= 11 is 1.21. The van der Waals surface area contributed by atoms with E-state index < -0.39 is 11.9 Å². The Morgan fingerprint density at radius 3 is 2.55 bits per heavy atom. The van der Waals surface area contributed by atoms with Gasteiger partial charge in [-0.2, -0.15) is 5.26 Å². The van der Waals surface area contributed by atoms with Crippen LogP contribution in [-0.2, 0) is 14.3 Å². The number of rotatable bonds is 5. The first-order valence-electron chi connectivity index (χ1n) is 9.56. The molecule has 0 aromatic heterocycles. The van der Waals surface area contributed by atoms with Crippen LogP contribution in [0.3, 0.4) is 0 Å². The molecule has 1 saturated heterocycles. The number of piperidine rings is 1. The lowest BCUT2D eigenvalue weighted by Gasteiger charge is -2.28. The highest BCUT2D eigenvalue weighted by molar-refractivity contribution is 8.03. The fraction of sp³-hybridized carbons (Fsp3) is 0.429. The summed E-state index contributed by atoms with van der Waals surface area (Å²) in [6.07, 6.45) is 3.32. The highest BCUT2D eigenvalue weighted by atomic mass is 32.2. The van der Waals surface area contributed by atoms with E-state index in [2.05, 4.69) is 11.4 Å². The number of ether oxygens (including phenoxy) is 1. The molecule has 1 aromatic carbocycles. The molecule has 2 aliphatic rings. The molecule has 152 valence electrons. The number of benzene rings is 1. The minimum Gasteiger partial charge on any atom is -0.465 e. The van der Waals surface area contributed by atoms with E-state index in [1.165, 1.54) is 18.9 Å². The second-order valence-electron chi connectivity index (χ2n) is 7.00. The number of likely N-dealkylation sites (tertiary alicyclic amines) is 1. The van der Waals surface area contributed by atoms with Crippen LogP contribution in [-0.4, -0.2) is 48.6 Å². The van der Waals surface area contributed by atoms with Crippen molar-refractivity contribution in [2.24, 2.45) is 0 Å². The average Bonchev–Trinajstić information content (AvgIpc) is 2.77. The van der Waals surface area contributed by atoms with Gasteiger partial charge in [0.2, 0.25) is 11.8 Å². The first-order valence-corrected chi connectivity index (χ1v) is 10.5. The maximum atomic E-state index is 12.4. The lowest BCUT2D eigenvalue weighted by atomic mass is 9.87. The quantitative estimate of drug-likeness (QED) is 0.745. The molecule has 0 radical (unpaired) electrons. The predicted octanol–water partition coefficient (Wildman–Crippen LogP) is 2.56. The Bertz CT molecular complexity index is 867. The molecule has 0 aliphatic carbocycles. The molecule has 0 saturated carbocycles. The Labute approximate surface area is 174 Å². The van der Waals surface area contributed by atoms with Gasteiger partial charge in [-0.1, -0.05) is 23.9 Å². The zero-order chi connectivity index (χ0) is 20.8. The van der Waals surface area contributed by atoms with Crippen molar-refractivity contribution in [3.05, 3.63) is 46.0 Å². The molecule has 8 heteroatoms. The number of esters is 1. The number of amides is 2. The van der Waals surface area contributed by atoms with Gasteiger partial charge in [0.15, 0.2) is 0 Å². The van der Waals surface area contributed by atoms with E-state index in [4.69, 9.17) is 4.74 Å². The number of carbonyl (C=O) groups excluding carboxylic acids is 3. The molecule has 3 rings (SSSR count). The maximum Gasteiger partial charge on any atom is 0.337 e. The van der Waals surface area contributed by atoms with Gasteiger partial charge in [0.25, 0.3) is 0 Å². The smallest absolute Gasteiger partial charge is 0.337 e. The number of hydrogen-bond donors (Lipinski definition) is 1. The second-order valence-corrected chi connectivity index (χ2v) is 7.99. The Kier molecular flexibility index (Phi) is 6.94. The molecular formula is C21H23N3O4S. The van der Waals surface area contributed by atoms with Gasteiger partial charge >= 0.3 is 5.97 Å². The molecule has 2 aliphatic heterocycles. The third-order valence-electron chi connectivity index (χ3n) is 5.14. The van der Waals surface area contributed by atoms with Crippen molar-refractivity contribution in [2.75, 3.05) is 26.0 Å². The number of nitrogens with zero attached hydrogens (tertiary/aromatic N) is 2. The Morgan fingerprint density at radius 2 is 1.93 bits per heavy atom. The minimum atomic E-state index is -0.443. The summed E-state index contributed by atoms with van der Waals surface area (Å²) in [5.41, 5.74) is 1.61. The van der Waals surface area contributed by atoms with Gasteiger partial charge in [-0.15, -0.1) is 0 Å². The fourth-order valence-electron chi connectivity index (χ4n) is 3.56. The highest BCUT2D eigenvalue weighted by Gasteiger charge is 2.30. The number of hydrogen-bond acceptors (Lipinski definition) is 6. The zero-order valence-electron chi connectivity index (χ0n) is 16.3. The van der Waals surface area contributed by atoms with E-state index in [1.54, 1.807) is 24.3 Å². The zero-order valence-corrected chi connectivity index (χ0v) is 17.1. The second kappa shape index (κ2) is 9.61. The molecular weight excluding hydrogens is 390 g/mol. The SMILES string of the molecule is COC(=O)c1ccc([C@H]2CC(=O)NC(SCC(=O)N3CCCCC3)=C2C#N)cc1. The average molecular weight is 413 g/mol. The normalized spacial score (nSPS) is 19.4. The van der Waals surface area contributed by atoms with Gasteiger partial charge in [0.05, 0.1) is 35.1 Å². The minimum absolute atomic E-state index is 0.0262. The highest BCUT2D eigenvalue weighted by Crippen LogP contribution is 2.36. The maximum absolute atomic E-state index is 12.4.